The zero-order valence-corrected chi connectivity index (χ0v) is 12.8. The Morgan fingerprint density at radius 1 is 1.21 bits per heavy atom. The van der Waals surface area contributed by atoms with Crippen molar-refractivity contribution in [1.29, 1.82) is 0 Å². The van der Waals surface area contributed by atoms with E-state index in [1.165, 1.54) is 0 Å². The first-order chi connectivity index (χ1) is 11.7. The fourth-order valence-electron chi connectivity index (χ4n) is 2.40. The number of nitrogens with one attached hydrogen (secondary N) is 1. The van der Waals surface area contributed by atoms with Crippen LogP contribution in [0.4, 0.5) is 6.01 Å². The lowest BCUT2D eigenvalue weighted by Gasteiger charge is -2.02. The summed E-state index contributed by atoms with van der Waals surface area (Å²) in [5.41, 5.74) is 1.14. The normalized spacial score (nSPS) is 11.0. The van der Waals surface area contributed by atoms with Crippen molar-refractivity contribution in [1.82, 2.24) is 20.0 Å². The van der Waals surface area contributed by atoms with Gasteiger partial charge in [-0.15, -0.1) is 5.10 Å². The molecule has 24 heavy (non-hydrogen) atoms. The van der Waals surface area contributed by atoms with Crippen molar-refractivity contribution in [3.63, 3.8) is 0 Å². The minimum atomic E-state index is -0.367. The molecule has 3 heterocycles. The van der Waals surface area contributed by atoms with E-state index < -0.39 is 0 Å². The number of aromatic nitrogens is 4. The monoisotopic (exact) mass is 323 g/mol. The second-order valence-electron chi connectivity index (χ2n) is 5.05. The molecule has 8 nitrogen and oxygen atoms in total. The molecule has 0 aliphatic rings. The molecule has 3 aromatic heterocycles. The number of rotatable bonds is 4. The number of amides is 1. The van der Waals surface area contributed by atoms with Crippen LogP contribution in [0.1, 0.15) is 17.4 Å². The Kier molecular flexibility index (Phi) is 3.34. The summed E-state index contributed by atoms with van der Waals surface area (Å²) in [6.07, 6.45) is 1.56. The van der Waals surface area contributed by atoms with Gasteiger partial charge in [0, 0.05) is 18.1 Å². The standard InChI is InChI=1S/C16H13N5O3/c1-2-21-11(7-8-17-21)14(22)18-16-20-19-15(24-16)13-9-10-5-3-4-6-12(10)23-13/h3-9H,2H2,1H3,(H,18,20,22). The van der Waals surface area contributed by atoms with Gasteiger partial charge in [-0.1, -0.05) is 23.3 Å². The molecule has 1 N–H and O–H groups in total. The van der Waals surface area contributed by atoms with Crippen LogP contribution in [-0.2, 0) is 6.54 Å². The minimum absolute atomic E-state index is 0.000640. The van der Waals surface area contributed by atoms with Gasteiger partial charge in [-0.3, -0.25) is 14.8 Å². The Bertz CT molecular complexity index is 981. The van der Waals surface area contributed by atoms with Crippen LogP contribution < -0.4 is 5.32 Å². The van der Waals surface area contributed by atoms with Crippen LogP contribution in [-0.4, -0.2) is 25.9 Å². The van der Waals surface area contributed by atoms with Gasteiger partial charge in [0.05, 0.1) is 0 Å². The molecule has 8 heteroatoms. The number of hydrogen-bond acceptors (Lipinski definition) is 6. The van der Waals surface area contributed by atoms with E-state index in [1.54, 1.807) is 23.0 Å². The molecule has 0 bridgehead atoms. The molecule has 0 saturated heterocycles. The number of nitrogens with zero attached hydrogens (tertiary/aromatic N) is 4. The summed E-state index contributed by atoms with van der Waals surface area (Å²) in [7, 11) is 0. The predicted octanol–water partition coefficient (Wildman–Crippen LogP) is 2.95. The molecule has 1 aromatic carbocycles. The van der Waals surface area contributed by atoms with Gasteiger partial charge in [0.25, 0.3) is 11.8 Å². The lowest BCUT2D eigenvalue weighted by molar-refractivity contribution is 0.101. The summed E-state index contributed by atoms with van der Waals surface area (Å²) in [5.74, 6) is 0.280. The van der Waals surface area contributed by atoms with Crippen LogP contribution in [0.25, 0.3) is 22.6 Å². The summed E-state index contributed by atoms with van der Waals surface area (Å²) in [5, 5.41) is 15.3. The van der Waals surface area contributed by atoms with E-state index in [2.05, 4.69) is 20.6 Å². The molecular weight excluding hydrogens is 310 g/mol. The molecule has 0 unspecified atom stereocenters. The molecule has 0 fully saturated rings. The highest BCUT2D eigenvalue weighted by Crippen LogP contribution is 2.27. The van der Waals surface area contributed by atoms with Crippen molar-refractivity contribution >= 4 is 22.9 Å². The smallest absolute Gasteiger partial charge is 0.322 e. The molecule has 0 spiro atoms. The SMILES string of the molecule is CCn1nccc1C(=O)Nc1nnc(-c2cc3ccccc3o2)o1. The van der Waals surface area contributed by atoms with Crippen LogP contribution in [0.15, 0.2) is 51.4 Å². The Morgan fingerprint density at radius 2 is 2.08 bits per heavy atom. The molecule has 120 valence electrons. The Labute approximate surface area is 136 Å². The number of carbonyl (C=O) groups is 1. The second kappa shape index (κ2) is 5.65. The first-order valence-corrected chi connectivity index (χ1v) is 7.40. The van der Waals surface area contributed by atoms with E-state index in [4.69, 9.17) is 8.83 Å². The second-order valence-corrected chi connectivity index (χ2v) is 5.05. The zero-order chi connectivity index (χ0) is 16.5. The van der Waals surface area contributed by atoms with Gasteiger partial charge in [-0.05, 0) is 25.1 Å². The van der Waals surface area contributed by atoms with Crippen LogP contribution >= 0.6 is 0 Å². The van der Waals surface area contributed by atoms with Gasteiger partial charge >= 0.3 is 6.01 Å². The van der Waals surface area contributed by atoms with Gasteiger partial charge in [0.1, 0.15) is 11.3 Å². The Hall–Kier alpha value is -3.42. The van der Waals surface area contributed by atoms with Gasteiger partial charge in [0.15, 0.2) is 5.76 Å². The highest BCUT2D eigenvalue weighted by molar-refractivity contribution is 6.01. The summed E-state index contributed by atoms with van der Waals surface area (Å²) in [6, 6.07) is 11.0. The number of benzene rings is 1. The van der Waals surface area contributed by atoms with E-state index in [0.717, 1.165) is 11.0 Å². The molecule has 4 rings (SSSR count). The maximum absolute atomic E-state index is 12.2. The van der Waals surface area contributed by atoms with Gasteiger partial charge in [-0.2, -0.15) is 5.10 Å². The molecule has 1 amide bonds. The highest BCUT2D eigenvalue weighted by Gasteiger charge is 2.17. The number of furan rings is 1. The van der Waals surface area contributed by atoms with Gasteiger partial charge in [0.2, 0.25) is 0 Å². The number of hydrogen-bond donors (Lipinski definition) is 1. The van der Waals surface area contributed by atoms with Gasteiger partial charge < -0.3 is 8.83 Å². The maximum atomic E-state index is 12.2. The van der Waals surface area contributed by atoms with Crippen molar-refractivity contribution < 1.29 is 13.6 Å². The van der Waals surface area contributed by atoms with Crippen molar-refractivity contribution in [3.05, 3.63) is 48.3 Å². The van der Waals surface area contributed by atoms with E-state index in [0.29, 0.717) is 18.0 Å². The quantitative estimate of drug-likeness (QED) is 0.620. The molecule has 4 aromatic rings. The Morgan fingerprint density at radius 3 is 2.92 bits per heavy atom. The van der Waals surface area contributed by atoms with Crippen molar-refractivity contribution in [3.8, 4) is 11.7 Å². The van der Waals surface area contributed by atoms with Crippen molar-refractivity contribution in [2.24, 2.45) is 0 Å². The molecule has 0 aliphatic heterocycles. The molecule has 0 saturated carbocycles. The minimum Gasteiger partial charge on any atom is -0.451 e. The fraction of sp³-hybridized carbons (Fsp3) is 0.125. The lowest BCUT2D eigenvalue weighted by atomic mass is 10.2. The largest absolute Gasteiger partial charge is 0.451 e. The third kappa shape index (κ3) is 2.43. The van der Waals surface area contributed by atoms with Crippen molar-refractivity contribution in [2.75, 3.05) is 5.32 Å². The number of anilines is 1. The van der Waals surface area contributed by atoms with Crippen LogP contribution in [0.3, 0.4) is 0 Å². The number of fused-ring (bicyclic) bond motifs is 1. The zero-order valence-electron chi connectivity index (χ0n) is 12.8. The topological polar surface area (TPSA) is 99.0 Å². The maximum Gasteiger partial charge on any atom is 0.322 e. The average Bonchev–Trinajstić information content (AvgIpc) is 3.32. The number of aryl methyl sites for hydroxylation is 1. The number of carbonyl (C=O) groups excluding carboxylic acids is 1. The van der Waals surface area contributed by atoms with E-state index in [1.807, 2.05) is 31.2 Å². The van der Waals surface area contributed by atoms with E-state index in [9.17, 15) is 4.79 Å². The van der Waals surface area contributed by atoms with E-state index in [-0.39, 0.29) is 17.8 Å². The van der Waals surface area contributed by atoms with Crippen molar-refractivity contribution in [2.45, 2.75) is 13.5 Å². The summed E-state index contributed by atoms with van der Waals surface area (Å²) in [4.78, 5) is 12.2. The summed E-state index contributed by atoms with van der Waals surface area (Å²) < 4.78 is 12.7. The third-order valence-corrected chi connectivity index (χ3v) is 3.53. The van der Waals surface area contributed by atoms with Crippen LogP contribution in [0, 0.1) is 0 Å². The first-order valence-electron chi connectivity index (χ1n) is 7.40. The first kappa shape index (κ1) is 14.2. The number of para-hydroxylation sites is 1. The molecule has 0 radical (unpaired) electrons. The predicted molar refractivity (Wildman–Crippen MR) is 85.4 cm³/mol. The van der Waals surface area contributed by atoms with Crippen LogP contribution in [0.5, 0.6) is 0 Å². The molecular formula is C16H13N5O3. The summed E-state index contributed by atoms with van der Waals surface area (Å²) >= 11 is 0. The molecule has 0 atom stereocenters. The van der Waals surface area contributed by atoms with Gasteiger partial charge in [-0.25, -0.2) is 0 Å². The average molecular weight is 323 g/mol. The fourth-order valence-corrected chi connectivity index (χ4v) is 2.40. The van der Waals surface area contributed by atoms with Crippen LogP contribution in [0.2, 0.25) is 0 Å². The lowest BCUT2D eigenvalue weighted by Crippen LogP contribution is -2.17. The van der Waals surface area contributed by atoms with E-state index >= 15 is 0 Å². The Balaban J connectivity index is 1.57. The third-order valence-electron chi connectivity index (χ3n) is 3.53. The summed E-state index contributed by atoms with van der Waals surface area (Å²) in [6.45, 7) is 2.49. The molecule has 0 aliphatic carbocycles. The highest BCUT2D eigenvalue weighted by atomic mass is 16.4.